The van der Waals surface area contributed by atoms with E-state index in [4.69, 9.17) is 5.73 Å². The van der Waals surface area contributed by atoms with Gasteiger partial charge in [-0.15, -0.1) is 17.9 Å². The second-order valence-corrected chi connectivity index (χ2v) is 5.46. The maximum Gasteiger partial charge on any atom is 0.0270 e. The summed E-state index contributed by atoms with van der Waals surface area (Å²) < 4.78 is 0. The molecule has 0 aliphatic carbocycles. The zero-order valence-corrected chi connectivity index (χ0v) is 11.5. The standard InChI is InChI=1S/C15H23NS/c1-3-5-8-13(16)9-6-7-10-15-12-11-14(4-2)17-15/h3,7,10-13H,1,4-6,8-9,16H2,2H3/b10-7-. The lowest BCUT2D eigenvalue weighted by Crippen LogP contribution is -2.18. The number of hydrogen-bond donors (Lipinski definition) is 1. The number of rotatable bonds is 8. The average molecular weight is 249 g/mol. The van der Waals surface area contributed by atoms with Crippen LogP contribution >= 0.6 is 11.3 Å². The Morgan fingerprint density at radius 1 is 1.35 bits per heavy atom. The van der Waals surface area contributed by atoms with Gasteiger partial charge < -0.3 is 5.73 Å². The van der Waals surface area contributed by atoms with Crippen molar-refractivity contribution in [1.82, 2.24) is 0 Å². The molecular formula is C15H23NS. The number of thiophene rings is 1. The van der Waals surface area contributed by atoms with Crippen molar-refractivity contribution in [2.24, 2.45) is 5.73 Å². The fraction of sp³-hybridized carbons (Fsp3) is 0.467. The number of nitrogens with two attached hydrogens (primary N) is 1. The Kier molecular flexibility index (Phi) is 6.90. The molecule has 1 aromatic rings. The fourth-order valence-corrected chi connectivity index (χ4v) is 2.54. The topological polar surface area (TPSA) is 26.0 Å². The molecule has 0 saturated heterocycles. The minimum Gasteiger partial charge on any atom is -0.328 e. The first-order valence-electron chi connectivity index (χ1n) is 6.38. The summed E-state index contributed by atoms with van der Waals surface area (Å²) in [6.07, 6.45) is 11.7. The van der Waals surface area contributed by atoms with Crippen LogP contribution in [-0.2, 0) is 6.42 Å². The highest BCUT2D eigenvalue weighted by Crippen LogP contribution is 2.18. The number of hydrogen-bond acceptors (Lipinski definition) is 2. The van der Waals surface area contributed by atoms with Crippen molar-refractivity contribution in [2.75, 3.05) is 0 Å². The van der Waals surface area contributed by atoms with Crippen LogP contribution in [0.25, 0.3) is 6.08 Å². The molecule has 94 valence electrons. The van der Waals surface area contributed by atoms with Gasteiger partial charge in [0.05, 0.1) is 0 Å². The highest BCUT2D eigenvalue weighted by atomic mass is 32.1. The molecule has 17 heavy (non-hydrogen) atoms. The summed E-state index contributed by atoms with van der Waals surface area (Å²) in [6.45, 7) is 5.90. The quantitative estimate of drug-likeness (QED) is 0.679. The van der Waals surface area contributed by atoms with Crippen LogP contribution in [-0.4, -0.2) is 6.04 Å². The maximum atomic E-state index is 5.99. The van der Waals surface area contributed by atoms with Gasteiger partial charge in [-0.2, -0.15) is 0 Å². The number of allylic oxidation sites excluding steroid dienone is 2. The van der Waals surface area contributed by atoms with Gasteiger partial charge in [0.1, 0.15) is 0 Å². The predicted octanol–water partition coefficient (Wildman–Crippen LogP) is 4.40. The Morgan fingerprint density at radius 2 is 2.12 bits per heavy atom. The van der Waals surface area contributed by atoms with Crippen molar-refractivity contribution in [3.8, 4) is 0 Å². The molecule has 1 nitrogen and oxygen atoms in total. The van der Waals surface area contributed by atoms with E-state index >= 15 is 0 Å². The van der Waals surface area contributed by atoms with E-state index in [1.54, 1.807) is 0 Å². The maximum absolute atomic E-state index is 5.99. The van der Waals surface area contributed by atoms with Gasteiger partial charge in [-0.1, -0.05) is 19.1 Å². The first-order chi connectivity index (χ1) is 8.26. The van der Waals surface area contributed by atoms with Crippen molar-refractivity contribution >= 4 is 17.4 Å². The third-order valence-electron chi connectivity index (χ3n) is 2.76. The van der Waals surface area contributed by atoms with E-state index in [-0.39, 0.29) is 0 Å². The molecule has 2 N–H and O–H groups in total. The Hall–Kier alpha value is -0.860. The normalized spacial score (nSPS) is 13.1. The molecule has 1 aromatic heterocycles. The van der Waals surface area contributed by atoms with Gasteiger partial charge in [0.15, 0.2) is 0 Å². The molecule has 0 fully saturated rings. The van der Waals surface area contributed by atoms with E-state index in [0.717, 1.165) is 32.1 Å². The van der Waals surface area contributed by atoms with Crippen molar-refractivity contribution in [1.29, 1.82) is 0 Å². The molecular weight excluding hydrogens is 226 g/mol. The fourth-order valence-electron chi connectivity index (χ4n) is 1.66. The van der Waals surface area contributed by atoms with Crippen LogP contribution in [0.5, 0.6) is 0 Å². The molecule has 2 heteroatoms. The highest BCUT2D eigenvalue weighted by molar-refractivity contribution is 7.12. The average Bonchev–Trinajstić information content (AvgIpc) is 2.80. The molecule has 0 aliphatic heterocycles. The molecule has 1 unspecified atom stereocenters. The van der Waals surface area contributed by atoms with Crippen LogP contribution in [0, 0.1) is 0 Å². The SMILES string of the molecule is C=CCCC(N)CC/C=C\c1ccc(CC)s1. The van der Waals surface area contributed by atoms with E-state index < -0.39 is 0 Å². The Morgan fingerprint density at radius 3 is 2.76 bits per heavy atom. The van der Waals surface area contributed by atoms with E-state index in [0.29, 0.717) is 6.04 Å². The van der Waals surface area contributed by atoms with Crippen LogP contribution in [0.15, 0.2) is 30.9 Å². The number of aryl methyl sites for hydroxylation is 1. The molecule has 0 saturated carbocycles. The van der Waals surface area contributed by atoms with Crippen molar-refractivity contribution in [3.63, 3.8) is 0 Å². The van der Waals surface area contributed by atoms with E-state index in [1.165, 1.54) is 9.75 Å². The molecule has 0 aromatic carbocycles. The van der Waals surface area contributed by atoms with E-state index in [2.05, 4.69) is 37.8 Å². The molecule has 1 atom stereocenters. The van der Waals surface area contributed by atoms with Gasteiger partial charge in [0.2, 0.25) is 0 Å². The minimum atomic E-state index is 0.312. The minimum absolute atomic E-state index is 0.312. The van der Waals surface area contributed by atoms with Gasteiger partial charge in [0.25, 0.3) is 0 Å². The highest BCUT2D eigenvalue weighted by Gasteiger charge is 1.99. The van der Waals surface area contributed by atoms with Gasteiger partial charge in [0, 0.05) is 15.8 Å². The summed E-state index contributed by atoms with van der Waals surface area (Å²) in [5, 5.41) is 0. The molecule has 1 heterocycles. The Balaban J connectivity index is 2.23. The summed E-state index contributed by atoms with van der Waals surface area (Å²) in [5.41, 5.74) is 5.99. The summed E-state index contributed by atoms with van der Waals surface area (Å²) in [6, 6.07) is 4.71. The molecule has 0 bridgehead atoms. The summed E-state index contributed by atoms with van der Waals surface area (Å²) in [5.74, 6) is 0. The van der Waals surface area contributed by atoms with Gasteiger partial charge in [-0.05, 0) is 50.3 Å². The Bertz CT molecular complexity index is 352. The smallest absolute Gasteiger partial charge is 0.0270 e. The van der Waals surface area contributed by atoms with Gasteiger partial charge in [-0.3, -0.25) is 0 Å². The molecule has 0 amide bonds. The zero-order chi connectivity index (χ0) is 12.5. The van der Waals surface area contributed by atoms with Crippen LogP contribution < -0.4 is 5.73 Å². The van der Waals surface area contributed by atoms with Crippen LogP contribution in [0.2, 0.25) is 0 Å². The molecule has 0 spiro atoms. The lowest BCUT2D eigenvalue weighted by molar-refractivity contribution is 0.580. The molecule has 1 rings (SSSR count). The zero-order valence-electron chi connectivity index (χ0n) is 10.7. The van der Waals surface area contributed by atoms with E-state index in [1.807, 2.05) is 17.4 Å². The van der Waals surface area contributed by atoms with Crippen molar-refractivity contribution < 1.29 is 0 Å². The van der Waals surface area contributed by atoms with Crippen LogP contribution in [0.3, 0.4) is 0 Å². The van der Waals surface area contributed by atoms with E-state index in [9.17, 15) is 0 Å². The summed E-state index contributed by atoms with van der Waals surface area (Å²) in [7, 11) is 0. The Labute approximate surface area is 109 Å². The second kappa shape index (κ2) is 8.26. The van der Waals surface area contributed by atoms with Crippen LogP contribution in [0.4, 0.5) is 0 Å². The third-order valence-corrected chi connectivity index (χ3v) is 3.95. The molecule has 0 radical (unpaired) electrons. The lowest BCUT2D eigenvalue weighted by Gasteiger charge is -2.07. The lowest BCUT2D eigenvalue weighted by atomic mass is 10.1. The first kappa shape index (κ1) is 14.2. The predicted molar refractivity (Wildman–Crippen MR) is 79.4 cm³/mol. The first-order valence-corrected chi connectivity index (χ1v) is 7.19. The second-order valence-electron chi connectivity index (χ2n) is 4.26. The van der Waals surface area contributed by atoms with Crippen molar-refractivity contribution in [2.45, 2.75) is 45.1 Å². The third kappa shape index (κ3) is 5.85. The largest absolute Gasteiger partial charge is 0.328 e. The van der Waals surface area contributed by atoms with Crippen molar-refractivity contribution in [3.05, 3.63) is 40.6 Å². The molecule has 0 aliphatic rings. The van der Waals surface area contributed by atoms with Crippen LogP contribution in [0.1, 0.15) is 42.4 Å². The van der Waals surface area contributed by atoms with Gasteiger partial charge in [-0.25, -0.2) is 0 Å². The monoisotopic (exact) mass is 249 g/mol. The summed E-state index contributed by atoms with van der Waals surface area (Å²) >= 11 is 1.87. The summed E-state index contributed by atoms with van der Waals surface area (Å²) in [4.78, 5) is 2.80. The van der Waals surface area contributed by atoms with Gasteiger partial charge >= 0.3 is 0 Å².